The van der Waals surface area contributed by atoms with E-state index in [4.69, 9.17) is 21.1 Å². The van der Waals surface area contributed by atoms with Crippen LogP contribution in [0.1, 0.15) is 11.6 Å². The van der Waals surface area contributed by atoms with E-state index in [0.717, 1.165) is 17.0 Å². The molecule has 0 amide bonds. The van der Waals surface area contributed by atoms with Crippen LogP contribution in [0.15, 0.2) is 42.5 Å². The molecule has 2 N–H and O–H groups in total. The Bertz CT molecular complexity index is 604. The molecule has 2 rings (SSSR count). The standard InChI is InChI=1S/C16H18ClNO3/c1-20-13-5-3-4-12(9-13)18-15(10-19)11-6-7-16(21-2)14(17)8-11/h3-9,15,18-19H,10H2,1-2H3. The lowest BCUT2D eigenvalue weighted by molar-refractivity contribution is 0.276. The van der Waals surface area contributed by atoms with Crippen LogP contribution in [-0.4, -0.2) is 25.9 Å². The summed E-state index contributed by atoms with van der Waals surface area (Å²) < 4.78 is 10.3. The fourth-order valence-electron chi connectivity index (χ4n) is 2.05. The zero-order valence-electron chi connectivity index (χ0n) is 12.0. The normalized spacial score (nSPS) is 11.8. The predicted molar refractivity (Wildman–Crippen MR) is 84.4 cm³/mol. The maximum Gasteiger partial charge on any atom is 0.137 e. The molecular weight excluding hydrogens is 290 g/mol. The van der Waals surface area contributed by atoms with Crippen molar-refractivity contribution >= 4 is 17.3 Å². The lowest BCUT2D eigenvalue weighted by Gasteiger charge is -2.19. The van der Waals surface area contributed by atoms with Gasteiger partial charge in [0.25, 0.3) is 0 Å². The Morgan fingerprint density at radius 1 is 1.14 bits per heavy atom. The SMILES string of the molecule is COc1cccc(NC(CO)c2ccc(OC)c(Cl)c2)c1. The molecule has 0 spiro atoms. The number of anilines is 1. The van der Waals surface area contributed by atoms with Gasteiger partial charge in [-0.15, -0.1) is 0 Å². The van der Waals surface area contributed by atoms with Gasteiger partial charge in [-0.1, -0.05) is 23.7 Å². The fraction of sp³-hybridized carbons (Fsp3) is 0.250. The third-order valence-corrected chi connectivity index (χ3v) is 3.47. The van der Waals surface area contributed by atoms with Crippen molar-refractivity contribution in [1.82, 2.24) is 0 Å². The number of aliphatic hydroxyl groups is 1. The van der Waals surface area contributed by atoms with Crippen molar-refractivity contribution in [2.45, 2.75) is 6.04 Å². The first kappa shape index (κ1) is 15.5. The first-order valence-corrected chi connectivity index (χ1v) is 6.90. The molecule has 5 heteroatoms. The highest BCUT2D eigenvalue weighted by Crippen LogP contribution is 2.29. The van der Waals surface area contributed by atoms with Crippen molar-refractivity contribution < 1.29 is 14.6 Å². The summed E-state index contributed by atoms with van der Waals surface area (Å²) >= 11 is 6.13. The first-order chi connectivity index (χ1) is 10.2. The molecule has 2 aromatic rings. The summed E-state index contributed by atoms with van der Waals surface area (Å²) in [5.74, 6) is 1.36. The van der Waals surface area contributed by atoms with Crippen molar-refractivity contribution in [1.29, 1.82) is 0 Å². The van der Waals surface area contributed by atoms with Gasteiger partial charge in [0.2, 0.25) is 0 Å². The second kappa shape index (κ2) is 7.20. The van der Waals surface area contributed by atoms with Crippen molar-refractivity contribution in [2.24, 2.45) is 0 Å². The van der Waals surface area contributed by atoms with Crippen molar-refractivity contribution in [3.63, 3.8) is 0 Å². The van der Waals surface area contributed by atoms with Gasteiger partial charge in [-0.3, -0.25) is 0 Å². The second-order valence-corrected chi connectivity index (χ2v) is 4.91. The zero-order valence-corrected chi connectivity index (χ0v) is 12.7. The van der Waals surface area contributed by atoms with E-state index in [2.05, 4.69) is 5.32 Å². The summed E-state index contributed by atoms with van der Waals surface area (Å²) in [5, 5.41) is 13.4. The Hall–Kier alpha value is -1.91. The molecule has 0 heterocycles. The Kier molecular flexibility index (Phi) is 5.31. The number of aliphatic hydroxyl groups excluding tert-OH is 1. The smallest absolute Gasteiger partial charge is 0.137 e. The molecule has 0 fully saturated rings. The molecule has 112 valence electrons. The Balaban J connectivity index is 2.21. The quantitative estimate of drug-likeness (QED) is 0.857. The Labute approximate surface area is 129 Å². The highest BCUT2D eigenvalue weighted by atomic mass is 35.5. The molecule has 0 aliphatic rings. The molecule has 0 bridgehead atoms. The van der Waals surface area contributed by atoms with E-state index < -0.39 is 0 Å². The topological polar surface area (TPSA) is 50.7 Å². The number of ether oxygens (including phenoxy) is 2. The van der Waals surface area contributed by atoms with Crippen molar-refractivity contribution in [3.8, 4) is 11.5 Å². The van der Waals surface area contributed by atoms with Gasteiger partial charge in [0.1, 0.15) is 11.5 Å². The van der Waals surface area contributed by atoms with Crippen molar-refractivity contribution in [2.75, 3.05) is 26.1 Å². The molecule has 0 saturated heterocycles. The van der Waals surface area contributed by atoms with Crippen LogP contribution in [0.3, 0.4) is 0 Å². The number of nitrogens with one attached hydrogen (secondary N) is 1. The molecule has 21 heavy (non-hydrogen) atoms. The zero-order chi connectivity index (χ0) is 15.2. The van der Waals surface area contributed by atoms with Gasteiger partial charge >= 0.3 is 0 Å². The van der Waals surface area contributed by atoms with E-state index in [9.17, 15) is 5.11 Å². The number of benzene rings is 2. The molecule has 0 aromatic heterocycles. The lowest BCUT2D eigenvalue weighted by Crippen LogP contribution is -2.14. The average molecular weight is 308 g/mol. The molecule has 1 unspecified atom stereocenters. The molecule has 1 atom stereocenters. The van der Waals surface area contributed by atoms with Crippen LogP contribution in [0, 0.1) is 0 Å². The van der Waals surface area contributed by atoms with Crippen LogP contribution in [0.5, 0.6) is 11.5 Å². The number of rotatable bonds is 6. The van der Waals surface area contributed by atoms with E-state index >= 15 is 0 Å². The number of hydrogen-bond donors (Lipinski definition) is 2. The van der Waals surface area contributed by atoms with Gasteiger partial charge in [-0.2, -0.15) is 0 Å². The molecule has 4 nitrogen and oxygen atoms in total. The summed E-state index contributed by atoms with van der Waals surface area (Å²) in [6.07, 6.45) is 0. The monoisotopic (exact) mass is 307 g/mol. The minimum atomic E-state index is -0.263. The van der Waals surface area contributed by atoms with Gasteiger partial charge in [-0.25, -0.2) is 0 Å². The molecule has 0 aliphatic carbocycles. The van der Waals surface area contributed by atoms with E-state index in [-0.39, 0.29) is 12.6 Å². The highest BCUT2D eigenvalue weighted by molar-refractivity contribution is 6.32. The van der Waals surface area contributed by atoms with Crippen LogP contribution in [0.4, 0.5) is 5.69 Å². The van der Waals surface area contributed by atoms with E-state index in [1.54, 1.807) is 26.4 Å². The number of hydrogen-bond acceptors (Lipinski definition) is 4. The summed E-state index contributed by atoms with van der Waals surface area (Å²) in [5.41, 5.74) is 1.74. The first-order valence-electron chi connectivity index (χ1n) is 6.52. The van der Waals surface area contributed by atoms with Gasteiger partial charge in [0, 0.05) is 11.8 Å². The number of methoxy groups -OCH3 is 2. The Morgan fingerprint density at radius 2 is 1.95 bits per heavy atom. The van der Waals surface area contributed by atoms with Crippen LogP contribution in [-0.2, 0) is 0 Å². The maximum atomic E-state index is 9.62. The van der Waals surface area contributed by atoms with Gasteiger partial charge in [0.05, 0.1) is 31.9 Å². The Morgan fingerprint density at radius 3 is 2.57 bits per heavy atom. The van der Waals surface area contributed by atoms with Crippen LogP contribution in [0.2, 0.25) is 5.02 Å². The highest BCUT2D eigenvalue weighted by Gasteiger charge is 2.13. The van der Waals surface area contributed by atoms with E-state index in [1.807, 2.05) is 30.3 Å². The second-order valence-electron chi connectivity index (χ2n) is 4.51. The fourth-order valence-corrected chi connectivity index (χ4v) is 2.31. The molecular formula is C16H18ClNO3. The largest absolute Gasteiger partial charge is 0.497 e. The van der Waals surface area contributed by atoms with E-state index in [1.165, 1.54) is 0 Å². The van der Waals surface area contributed by atoms with Gasteiger partial charge in [-0.05, 0) is 29.8 Å². The third kappa shape index (κ3) is 3.80. The molecule has 2 aromatic carbocycles. The summed E-state index contributed by atoms with van der Waals surface area (Å²) in [4.78, 5) is 0. The maximum absolute atomic E-state index is 9.62. The predicted octanol–water partition coefficient (Wildman–Crippen LogP) is 3.50. The molecule has 0 aliphatic heterocycles. The third-order valence-electron chi connectivity index (χ3n) is 3.17. The summed E-state index contributed by atoms with van der Waals surface area (Å²) in [7, 11) is 3.19. The summed E-state index contributed by atoms with van der Waals surface area (Å²) in [6, 6.07) is 12.7. The van der Waals surface area contributed by atoms with Crippen LogP contribution in [0.25, 0.3) is 0 Å². The van der Waals surface area contributed by atoms with E-state index in [0.29, 0.717) is 10.8 Å². The lowest BCUT2D eigenvalue weighted by atomic mass is 10.1. The van der Waals surface area contributed by atoms with Gasteiger partial charge in [0.15, 0.2) is 0 Å². The number of halogens is 1. The summed E-state index contributed by atoms with van der Waals surface area (Å²) in [6.45, 7) is -0.0557. The van der Waals surface area contributed by atoms with Crippen LogP contribution >= 0.6 is 11.6 Å². The molecule has 0 saturated carbocycles. The van der Waals surface area contributed by atoms with Crippen LogP contribution < -0.4 is 14.8 Å². The molecule has 0 radical (unpaired) electrons. The minimum absolute atomic E-state index is 0.0557. The van der Waals surface area contributed by atoms with Gasteiger partial charge < -0.3 is 19.9 Å². The van der Waals surface area contributed by atoms with Crippen molar-refractivity contribution in [3.05, 3.63) is 53.1 Å². The minimum Gasteiger partial charge on any atom is -0.497 e. The average Bonchev–Trinajstić information content (AvgIpc) is 2.52.